The van der Waals surface area contributed by atoms with Gasteiger partial charge in [-0.1, -0.05) is 13.8 Å². The SMILES string of the molecule is CCOP(=O)(CC(=O)C(OC)(OC)C(C)C)OCC. The van der Waals surface area contributed by atoms with E-state index < -0.39 is 19.2 Å². The normalized spacial score (nSPS) is 13.0. The number of methoxy groups -OCH3 is 2. The highest BCUT2D eigenvalue weighted by molar-refractivity contribution is 7.54. The molecule has 0 rings (SSSR count). The summed E-state index contributed by atoms with van der Waals surface area (Å²) in [7, 11) is -0.682. The summed E-state index contributed by atoms with van der Waals surface area (Å²) < 4.78 is 33.0. The number of ketones is 1. The lowest BCUT2D eigenvalue weighted by molar-refractivity contribution is -0.223. The van der Waals surface area contributed by atoms with Crippen LogP contribution in [0.5, 0.6) is 0 Å². The molecule has 0 atom stereocenters. The molecule has 19 heavy (non-hydrogen) atoms. The van der Waals surface area contributed by atoms with Gasteiger partial charge in [0.2, 0.25) is 11.6 Å². The molecule has 0 aromatic heterocycles. The van der Waals surface area contributed by atoms with Crippen LogP contribution in [0.3, 0.4) is 0 Å². The summed E-state index contributed by atoms with van der Waals surface area (Å²) in [6, 6.07) is 0. The first-order valence-corrected chi connectivity index (χ1v) is 8.06. The molecule has 0 aliphatic rings. The van der Waals surface area contributed by atoms with E-state index in [0.29, 0.717) is 0 Å². The van der Waals surface area contributed by atoms with Crippen LogP contribution in [0, 0.1) is 5.92 Å². The number of hydrogen-bond acceptors (Lipinski definition) is 6. The maximum atomic E-state index is 12.4. The van der Waals surface area contributed by atoms with Gasteiger partial charge in [0.25, 0.3) is 0 Å². The van der Waals surface area contributed by atoms with Crippen molar-refractivity contribution in [3.8, 4) is 0 Å². The van der Waals surface area contributed by atoms with Crippen molar-refractivity contribution in [3.05, 3.63) is 0 Å². The molecule has 114 valence electrons. The summed E-state index contributed by atoms with van der Waals surface area (Å²) in [6.45, 7) is 7.38. The summed E-state index contributed by atoms with van der Waals surface area (Å²) in [5, 5.41) is 0. The molecule has 0 saturated heterocycles. The fourth-order valence-electron chi connectivity index (χ4n) is 1.91. The van der Waals surface area contributed by atoms with Gasteiger partial charge in [0.1, 0.15) is 6.16 Å². The first-order chi connectivity index (χ1) is 8.81. The lowest BCUT2D eigenvalue weighted by Gasteiger charge is -2.33. The third-order valence-electron chi connectivity index (χ3n) is 2.74. The molecule has 0 aromatic rings. The molecule has 0 aliphatic heterocycles. The molecule has 0 fully saturated rings. The molecular formula is C12H25O6P. The van der Waals surface area contributed by atoms with Gasteiger partial charge in [0.05, 0.1) is 13.2 Å². The van der Waals surface area contributed by atoms with Crippen LogP contribution in [0.1, 0.15) is 27.7 Å². The Balaban J connectivity index is 5.12. The van der Waals surface area contributed by atoms with Crippen molar-refractivity contribution in [1.82, 2.24) is 0 Å². The summed E-state index contributed by atoms with van der Waals surface area (Å²) >= 11 is 0. The van der Waals surface area contributed by atoms with E-state index in [9.17, 15) is 9.36 Å². The van der Waals surface area contributed by atoms with Gasteiger partial charge in [-0.2, -0.15) is 0 Å². The van der Waals surface area contributed by atoms with Crippen molar-refractivity contribution < 1.29 is 27.9 Å². The molecule has 0 unspecified atom stereocenters. The van der Waals surface area contributed by atoms with Gasteiger partial charge in [0, 0.05) is 20.1 Å². The molecule has 0 aromatic carbocycles. The monoisotopic (exact) mass is 296 g/mol. The van der Waals surface area contributed by atoms with Crippen LogP contribution in [0.4, 0.5) is 0 Å². The van der Waals surface area contributed by atoms with Crippen LogP contribution in [0.2, 0.25) is 0 Å². The quantitative estimate of drug-likeness (QED) is 0.455. The first kappa shape index (κ1) is 18.7. The zero-order valence-corrected chi connectivity index (χ0v) is 13.5. The number of hydrogen-bond donors (Lipinski definition) is 0. The van der Waals surface area contributed by atoms with Crippen molar-refractivity contribution in [3.63, 3.8) is 0 Å². The topological polar surface area (TPSA) is 71.1 Å². The summed E-state index contributed by atoms with van der Waals surface area (Å²) in [6.07, 6.45) is -0.367. The van der Waals surface area contributed by atoms with Crippen LogP contribution in [-0.4, -0.2) is 45.2 Å². The third-order valence-corrected chi connectivity index (χ3v) is 4.72. The van der Waals surface area contributed by atoms with Crippen LogP contribution in [-0.2, 0) is 27.9 Å². The second-order valence-electron chi connectivity index (χ2n) is 4.26. The molecular weight excluding hydrogens is 271 g/mol. The molecule has 0 saturated carbocycles. The molecule has 0 bridgehead atoms. The van der Waals surface area contributed by atoms with Gasteiger partial charge in [-0.15, -0.1) is 0 Å². The predicted octanol–water partition coefficient (Wildman–Crippen LogP) is 2.47. The molecule has 0 spiro atoms. The average Bonchev–Trinajstić information content (AvgIpc) is 2.30. The van der Waals surface area contributed by atoms with Crippen LogP contribution < -0.4 is 0 Å². The van der Waals surface area contributed by atoms with E-state index in [2.05, 4.69) is 0 Å². The van der Waals surface area contributed by atoms with E-state index >= 15 is 0 Å². The molecule has 0 heterocycles. The highest BCUT2D eigenvalue weighted by Gasteiger charge is 2.45. The molecule has 0 amide bonds. The maximum absolute atomic E-state index is 12.4. The van der Waals surface area contributed by atoms with E-state index in [1.807, 2.05) is 0 Å². The first-order valence-electron chi connectivity index (χ1n) is 6.33. The standard InChI is InChI=1S/C12H25O6P/c1-7-17-19(14,18-8-2)9-11(13)12(15-5,16-6)10(3)4/h10H,7-9H2,1-6H3. The Kier molecular flexibility index (Phi) is 8.01. The highest BCUT2D eigenvalue weighted by atomic mass is 31.2. The Morgan fingerprint density at radius 1 is 1.11 bits per heavy atom. The molecule has 7 heteroatoms. The average molecular weight is 296 g/mol. The van der Waals surface area contributed by atoms with Gasteiger partial charge >= 0.3 is 7.60 Å². The molecule has 0 aliphatic carbocycles. The maximum Gasteiger partial charge on any atom is 0.338 e. The lowest BCUT2D eigenvalue weighted by Crippen LogP contribution is -2.49. The van der Waals surface area contributed by atoms with Crippen molar-refractivity contribution in [2.24, 2.45) is 5.92 Å². The predicted molar refractivity (Wildman–Crippen MR) is 72.3 cm³/mol. The molecule has 0 N–H and O–H groups in total. The smallest absolute Gasteiger partial charge is 0.338 e. The van der Waals surface area contributed by atoms with Gasteiger partial charge in [-0.25, -0.2) is 0 Å². The number of Topliss-reactive ketones (excluding diaryl/α,β-unsaturated/α-hetero) is 1. The molecule has 6 nitrogen and oxygen atoms in total. The number of carbonyl (C=O) groups excluding carboxylic acids is 1. The zero-order valence-electron chi connectivity index (χ0n) is 12.6. The summed E-state index contributed by atoms with van der Waals surface area (Å²) in [5.41, 5.74) is 0. The summed E-state index contributed by atoms with van der Waals surface area (Å²) in [5.74, 6) is -2.10. The van der Waals surface area contributed by atoms with Crippen molar-refractivity contribution in [2.75, 3.05) is 33.6 Å². The fraction of sp³-hybridized carbons (Fsp3) is 0.917. The molecule has 0 radical (unpaired) electrons. The Morgan fingerprint density at radius 3 is 1.79 bits per heavy atom. The number of carbonyl (C=O) groups is 1. The van der Waals surface area contributed by atoms with Crippen LogP contribution in [0.25, 0.3) is 0 Å². The van der Waals surface area contributed by atoms with E-state index in [4.69, 9.17) is 18.5 Å². The third kappa shape index (κ3) is 4.65. The number of rotatable bonds is 10. The minimum atomic E-state index is -3.45. The second-order valence-corrected chi connectivity index (χ2v) is 6.31. The Bertz CT molecular complexity index is 314. The van der Waals surface area contributed by atoms with Crippen LogP contribution >= 0.6 is 7.60 Å². The Labute approximate surface area is 115 Å². The van der Waals surface area contributed by atoms with E-state index in [1.54, 1.807) is 27.7 Å². The largest absolute Gasteiger partial charge is 0.347 e. The highest BCUT2D eigenvalue weighted by Crippen LogP contribution is 2.49. The van der Waals surface area contributed by atoms with E-state index in [1.165, 1.54) is 14.2 Å². The Hall–Kier alpha value is -0.260. The zero-order chi connectivity index (χ0) is 15.1. The van der Waals surface area contributed by atoms with Crippen molar-refractivity contribution >= 4 is 13.4 Å². The number of ether oxygens (including phenoxy) is 2. The van der Waals surface area contributed by atoms with Crippen molar-refractivity contribution in [1.29, 1.82) is 0 Å². The van der Waals surface area contributed by atoms with Gasteiger partial charge in [-0.3, -0.25) is 9.36 Å². The van der Waals surface area contributed by atoms with E-state index in [-0.39, 0.29) is 25.3 Å². The minimum absolute atomic E-state index is 0.208. The van der Waals surface area contributed by atoms with Gasteiger partial charge in [0.15, 0.2) is 0 Å². The van der Waals surface area contributed by atoms with E-state index in [0.717, 1.165) is 0 Å². The van der Waals surface area contributed by atoms with Crippen LogP contribution in [0.15, 0.2) is 0 Å². The minimum Gasteiger partial charge on any atom is -0.347 e. The Morgan fingerprint density at radius 2 is 1.53 bits per heavy atom. The lowest BCUT2D eigenvalue weighted by atomic mass is 9.99. The summed E-state index contributed by atoms with van der Waals surface area (Å²) in [4.78, 5) is 12.4. The van der Waals surface area contributed by atoms with Crippen molar-refractivity contribution in [2.45, 2.75) is 33.5 Å². The van der Waals surface area contributed by atoms with Gasteiger partial charge < -0.3 is 18.5 Å². The van der Waals surface area contributed by atoms with Gasteiger partial charge in [-0.05, 0) is 13.8 Å². The second kappa shape index (κ2) is 8.12. The fourth-order valence-corrected chi connectivity index (χ4v) is 3.53.